The van der Waals surface area contributed by atoms with Crippen LogP contribution in [0.15, 0.2) is 36.7 Å². The van der Waals surface area contributed by atoms with Gasteiger partial charge in [0.15, 0.2) is 0 Å². The summed E-state index contributed by atoms with van der Waals surface area (Å²) in [6.07, 6.45) is -1.72. The molecule has 0 radical (unpaired) electrons. The number of halogens is 5. The van der Waals surface area contributed by atoms with Crippen molar-refractivity contribution >= 4 is 33.9 Å². The van der Waals surface area contributed by atoms with Gasteiger partial charge in [0.1, 0.15) is 11.8 Å². The van der Waals surface area contributed by atoms with Crippen LogP contribution in [-0.4, -0.2) is 37.7 Å². The van der Waals surface area contributed by atoms with Crippen LogP contribution in [0.25, 0.3) is 10.9 Å². The highest BCUT2D eigenvalue weighted by Crippen LogP contribution is 2.50. The Balaban J connectivity index is 1.59. The first kappa shape index (κ1) is 29.5. The lowest BCUT2D eigenvalue weighted by Gasteiger charge is -2.23. The molecular formula is C29H29ClF4N8. The molecule has 1 aliphatic carbocycles. The summed E-state index contributed by atoms with van der Waals surface area (Å²) in [6, 6.07) is 7.61. The second-order valence-electron chi connectivity index (χ2n) is 11.9. The van der Waals surface area contributed by atoms with E-state index in [0.717, 1.165) is 0 Å². The zero-order chi connectivity index (χ0) is 30.4. The number of nitriles is 1. The number of pyridine rings is 2. The second-order valence-corrected chi connectivity index (χ2v) is 12.3. The molecule has 42 heavy (non-hydrogen) atoms. The van der Waals surface area contributed by atoms with Gasteiger partial charge in [0.05, 0.1) is 46.0 Å². The standard InChI is InChI=1S/C29H29ClF4N8/c1-16-19(5-6-23(31)38-16)26(22-13-42(41-40-22)28(7-8-28)14-29(32,33)34)39-18-9-20-24(37-15-27(2,3)4)17(11-35)12-36-25(20)21(30)10-18/h5-6,9-10,12-13,26,39H,7-8,14-15H2,1-4H3,(H,36,37). The number of anilines is 2. The smallest absolute Gasteiger partial charge is 0.383 e. The van der Waals surface area contributed by atoms with E-state index < -0.39 is 30.1 Å². The molecule has 2 N–H and O–H groups in total. The first-order valence-electron chi connectivity index (χ1n) is 13.3. The zero-order valence-corrected chi connectivity index (χ0v) is 24.2. The molecule has 1 fully saturated rings. The molecule has 0 saturated heterocycles. The van der Waals surface area contributed by atoms with Gasteiger partial charge in [0.25, 0.3) is 0 Å². The fraction of sp³-hybridized carbons (Fsp3) is 0.414. The van der Waals surface area contributed by atoms with Crippen LogP contribution in [-0.2, 0) is 5.54 Å². The molecule has 1 aliphatic rings. The van der Waals surface area contributed by atoms with Gasteiger partial charge < -0.3 is 10.6 Å². The van der Waals surface area contributed by atoms with Crippen molar-refractivity contribution < 1.29 is 17.6 Å². The molecular weight excluding hydrogens is 572 g/mol. The number of aryl methyl sites for hydroxylation is 1. The first-order chi connectivity index (χ1) is 19.7. The molecule has 3 aromatic heterocycles. The van der Waals surface area contributed by atoms with Crippen molar-refractivity contribution in [2.24, 2.45) is 5.41 Å². The maximum absolute atomic E-state index is 13.9. The summed E-state index contributed by atoms with van der Waals surface area (Å²) in [6.45, 7) is 8.39. The van der Waals surface area contributed by atoms with Crippen molar-refractivity contribution in [3.63, 3.8) is 0 Å². The number of hydrogen-bond acceptors (Lipinski definition) is 7. The van der Waals surface area contributed by atoms with Crippen molar-refractivity contribution in [3.05, 3.63) is 70.1 Å². The molecule has 8 nitrogen and oxygen atoms in total. The van der Waals surface area contributed by atoms with Crippen LogP contribution in [0.3, 0.4) is 0 Å². The van der Waals surface area contributed by atoms with E-state index in [9.17, 15) is 22.8 Å². The van der Waals surface area contributed by atoms with E-state index >= 15 is 0 Å². The molecule has 13 heteroatoms. The lowest BCUT2D eigenvalue weighted by Crippen LogP contribution is -2.26. The Morgan fingerprint density at radius 2 is 1.93 bits per heavy atom. The molecule has 1 unspecified atom stereocenters. The predicted octanol–water partition coefficient (Wildman–Crippen LogP) is 7.29. The first-order valence-corrected chi connectivity index (χ1v) is 13.7. The normalized spacial score (nSPS) is 15.3. The molecule has 0 bridgehead atoms. The number of fused-ring (bicyclic) bond motifs is 1. The molecule has 0 aliphatic heterocycles. The van der Waals surface area contributed by atoms with Gasteiger partial charge in [-0.2, -0.15) is 22.8 Å². The Bertz CT molecular complexity index is 1680. The van der Waals surface area contributed by atoms with Gasteiger partial charge in [0, 0.05) is 35.1 Å². The number of aromatic nitrogens is 5. The fourth-order valence-electron chi connectivity index (χ4n) is 4.94. The Labute approximate surface area is 245 Å². The monoisotopic (exact) mass is 600 g/mol. The van der Waals surface area contributed by atoms with Crippen molar-refractivity contribution in [1.29, 1.82) is 5.26 Å². The van der Waals surface area contributed by atoms with Crippen molar-refractivity contribution in [2.45, 2.75) is 64.7 Å². The third-order valence-electron chi connectivity index (χ3n) is 7.21. The zero-order valence-electron chi connectivity index (χ0n) is 23.4. The molecule has 1 aromatic carbocycles. The number of hydrogen-bond donors (Lipinski definition) is 2. The maximum atomic E-state index is 13.9. The minimum absolute atomic E-state index is 0.0863. The second kappa shape index (κ2) is 10.7. The van der Waals surface area contributed by atoms with Gasteiger partial charge in [-0.05, 0) is 43.4 Å². The molecule has 1 atom stereocenters. The van der Waals surface area contributed by atoms with Crippen molar-refractivity contribution in [1.82, 2.24) is 25.0 Å². The van der Waals surface area contributed by atoms with Gasteiger partial charge in [0.2, 0.25) is 5.95 Å². The van der Waals surface area contributed by atoms with Gasteiger partial charge in [-0.1, -0.05) is 43.7 Å². The third-order valence-corrected chi connectivity index (χ3v) is 7.49. The minimum Gasteiger partial charge on any atom is -0.383 e. The van der Waals surface area contributed by atoms with Crippen LogP contribution in [0.4, 0.5) is 28.9 Å². The largest absolute Gasteiger partial charge is 0.391 e. The van der Waals surface area contributed by atoms with Crippen LogP contribution in [0, 0.1) is 29.6 Å². The SMILES string of the molecule is Cc1nc(F)ccc1C(Nc1cc(Cl)c2ncc(C#N)c(NCC(C)(C)C)c2c1)c1cn(C2(CC(F)(F)F)CC2)nn1. The van der Waals surface area contributed by atoms with Gasteiger partial charge in [-0.3, -0.25) is 4.98 Å². The molecule has 0 amide bonds. The lowest BCUT2D eigenvalue weighted by atomic mass is 9.96. The lowest BCUT2D eigenvalue weighted by molar-refractivity contribution is -0.146. The van der Waals surface area contributed by atoms with Gasteiger partial charge in [-0.25, -0.2) is 9.67 Å². The molecule has 5 rings (SSSR count). The van der Waals surface area contributed by atoms with Crippen LogP contribution in [0.1, 0.15) is 68.6 Å². The van der Waals surface area contributed by atoms with E-state index in [1.54, 1.807) is 25.1 Å². The van der Waals surface area contributed by atoms with Crippen LogP contribution in [0.2, 0.25) is 5.02 Å². The van der Waals surface area contributed by atoms with Crippen molar-refractivity contribution in [2.75, 3.05) is 17.2 Å². The average Bonchev–Trinajstić information content (AvgIpc) is 3.47. The van der Waals surface area contributed by atoms with E-state index in [0.29, 0.717) is 69.2 Å². The third kappa shape index (κ3) is 6.26. The van der Waals surface area contributed by atoms with Crippen LogP contribution >= 0.6 is 11.6 Å². The molecule has 0 spiro atoms. The van der Waals surface area contributed by atoms with E-state index in [-0.39, 0.29) is 5.41 Å². The Hall–Kier alpha value is -3.98. The quantitative estimate of drug-likeness (QED) is 0.162. The number of rotatable bonds is 8. The van der Waals surface area contributed by atoms with Crippen LogP contribution < -0.4 is 10.6 Å². The Morgan fingerprint density at radius 1 is 1.19 bits per heavy atom. The summed E-state index contributed by atoms with van der Waals surface area (Å²) < 4.78 is 55.1. The number of nitrogens with one attached hydrogen (secondary N) is 2. The average molecular weight is 601 g/mol. The molecule has 4 aromatic rings. The predicted molar refractivity (Wildman–Crippen MR) is 152 cm³/mol. The van der Waals surface area contributed by atoms with E-state index in [2.05, 4.69) is 57.8 Å². The summed E-state index contributed by atoms with van der Waals surface area (Å²) >= 11 is 6.67. The number of alkyl halides is 3. The fourth-order valence-corrected chi connectivity index (χ4v) is 5.21. The highest BCUT2D eigenvalue weighted by atomic mass is 35.5. The summed E-state index contributed by atoms with van der Waals surface area (Å²) in [5.74, 6) is -0.667. The van der Waals surface area contributed by atoms with E-state index in [4.69, 9.17) is 11.6 Å². The highest BCUT2D eigenvalue weighted by molar-refractivity contribution is 6.35. The molecule has 220 valence electrons. The number of nitrogens with zero attached hydrogens (tertiary/aromatic N) is 6. The minimum atomic E-state index is -4.35. The topological polar surface area (TPSA) is 104 Å². The summed E-state index contributed by atoms with van der Waals surface area (Å²) in [4.78, 5) is 8.33. The Kier molecular flexibility index (Phi) is 7.51. The van der Waals surface area contributed by atoms with Gasteiger partial charge in [-0.15, -0.1) is 5.10 Å². The molecule has 3 heterocycles. The van der Waals surface area contributed by atoms with E-state index in [1.165, 1.54) is 23.1 Å². The van der Waals surface area contributed by atoms with E-state index in [1.807, 2.05) is 0 Å². The van der Waals surface area contributed by atoms with Gasteiger partial charge >= 0.3 is 6.18 Å². The Morgan fingerprint density at radius 3 is 2.55 bits per heavy atom. The molecule has 1 saturated carbocycles. The van der Waals surface area contributed by atoms with Crippen molar-refractivity contribution in [3.8, 4) is 6.07 Å². The number of benzene rings is 1. The maximum Gasteiger partial charge on any atom is 0.391 e. The van der Waals surface area contributed by atoms with Crippen LogP contribution in [0.5, 0.6) is 0 Å². The summed E-state index contributed by atoms with van der Waals surface area (Å²) in [7, 11) is 0. The highest BCUT2D eigenvalue weighted by Gasteiger charge is 2.53. The summed E-state index contributed by atoms with van der Waals surface area (Å²) in [5, 5.41) is 25.7. The summed E-state index contributed by atoms with van der Waals surface area (Å²) in [5.41, 5.74) is 1.92.